The third-order valence-electron chi connectivity index (χ3n) is 5.84. The van der Waals surface area contributed by atoms with E-state index in [0.29, 0.717) is 23.6 Å². The highest BCUT2D eigenvalue weighted by Crippen LogP contribution is 2.39. The van der Waals surface area contributed by atoms with Crippen molar-refractivity contribution in [3.8, 4) is 0 Å². The number of anilines is 2. The average Bonchev–Trinajstić information content (AvgIpc) is 3.12. The monoisotopic (exact) mass is 514 g/mol. The summed E-state index contributed by atoms with van der Waals surface area (Å²) in [6, 6.07) is 9.39. The van der Waals surface area contributed by atoms with E-state index in [0.717, 1.165) is 21.4 Å². The van der Waals surface area contributed by atoms with Gasteiger partial charge in [-0.2, -0.15) is 0 Å². The molecule has 0 fully saturated rings. The number of benzene rings is 1. The summed E-state index contributed by atoms with van der Waals surface area (Å²) in [5, 5.41) is 4.08. The Labute approximate surface area is 207 Å². The number of para-hydroxylation sites is 1. The van der Waals surface area contributed by atoms with E-state index in [9.17, 15) is 14.2 Å². The second-order valence-electron chi connectivity index (χ2n) is 9.05. The van der Waals surface area contributed by atoms with Gasteiger partial charge in [0, 0.05) is 30.3 Å². The molecule has 12 heteroatoms. The van der Waals surface area contributed by atoms with Crippen molar-refractivity contribution in [2.24, 2.45) is 0 Å². The third-order valence-corrected chi connectivity index (χ3v) is 6.30. The van der Waals surface area contributed by atoms with Crippen molar-refractivity contribution in [1.29, 1.82) is 0 Å². The molecule has 1 aliphatic rings. The number of likely N-dealkylation sites (N-methyl/N-ethyl adjacent to an activating group) is 1. The number of phosphoric acid groups is 1. The number of carbonyl (C=O) groups excluding carboxylic acids is 2. The summed E-state index contributed by atoms with van der Waals surface area (Å²) in [6.07, 6.45) is 4.46. The van der Waals surface area contributed by atoms with Crippen LogP contribution in [0.1, 0.15) is 30.7 Å². The standard InChI is InChI=1S/C24H27N4O7P/c1-15-17-7-5-6-8-19(17)35-20(15)13-27(4)21(29)10-9-16-11-18-22(25-12-16)28(14-34-36(31,32)33)23(30)24(2,3)26-18/h5-12,26H,13-14H2,1-4H3,(H2,31,32,33)/b10-9+. The SMILES string of the molecule is Cc1c(CN(C)C(=O)/C=C/c2cnc3c(c2)NC(C)(C)C(=O)N3COP(=O)(O)O)oc2ccccc12. The van der Waals surface area contributed by atoms with Gasteiger partial charge in [0.1, 0.15) is 23.6 Å². The Morgan fingerprint density at radius 3 is 2.75 bits per heavy atom. The zero-order valence-corrected chi connectivity index (χ0v) is 21.2. The van der Waals surface area contributed by atoms with Gasteiger partial charge in [-0.15, -0.1) is 0 Å². The molecule has 1 aliphatic heterocycles. The van der Waals surface area contributed by atoms with Gasteiger partial charge in [-0.05, 0) is 44.5 Å². The molecule has 0 saturated carbocycles. The van der Waals surface area contributed by atoms with Crippen molar-refractivity contribution in [3.05, 3.63) is 59.5 Å². The quantitative estimate of drug-likeness (QED) is 0.319. The minimum Gasteiger partial charge on any atom is -0.459 e. The predicted molar refractivity (Wildman–Crippen MR) is 134 cm³/mol. The number of amides is 2. The highest BCUT2D eigenvalue weighted by molar-refractivity contribution is 7.46. The Morgan fingerprint density at radius 1 is 1.33 bits per heavy atom. The average molecular weight is 514 g/mol. The van der Waals surface area contributed by atoms with Crippen LogP contribution in [0.15, 0.2) is 47.0 Å². The molecule has 190 valence electrons. The van der Waals surface area contributed by atoms with Crippen LogP contribution < -0.4 is 10.2 Å². The van der Waals surface area contributed by atoms with Crippen LogP contribution in [-0.2, 0) is 25.2 Å². The van der Waals surface area contributed by atoms with Crippen LogP contribution in [0.4, 0.5) is 11.5 Å². The number of fused-ring (bicyclic) bond motifs is 2. The van der Waals surface area contributed by atoms with Gasteiger partial charge in [-0.25, -0.2) is 9.55 Å². The first-order chi connectivity index (χ1) is 16.9. The zero-order valence-electron chi connectivity index (χ0n) is 20.3. The number of hydrogen-bond donors (Lipinski definition) is 3. The molecule has 0 bridgehead atoms. The van der Waals surface area contributed by atoms with Gasteiger partial charge >= 0.3 is 7.82 Å². The minimum absolute atomic E-state index is 0.161. The van der Waals surface area contributed by atoms with Crippen LogP contribution in [-0.4, -0.2) is 50.8 Å². The number of aryl methyl sites for hydroxylation is 1. The van der Waals surface area contributed by atoms with E-state index < -0.39 is 26.0 Å². The lowest BCUT2D eigenvalue weighted by Gasteiger charge is -2.38. The summed E-state index contributed by atoms with van der Waals surface area (Å²) in [5.74, 6) is 0.169. The molecule has 0 saturated heterocycles. The molecule has 0 atom stereocenters. The van der Waals surface area contributed by atoms with Gasteiger partial charge in [0.15, 0.2) is 5.82 Å². The molecule has 3 N–H and O–H groups in total. The molecule has 11 nitrogen and oxygen atoms in total. The van der Waals surface area contributed by atoms with Crippen molar-refractivity contribution in [2.75, 3.05) is 24.0 Å². The normalized spacial score (nSPS) is 15.3. The van der Waals surface area contributed by atoms with E-state index in [1.807, 2.05) is 31.2 Å². The molecule has 2 aromatic heterocycles. The summed E-state index contributed by atoms with van der Waals surface area (Å²) in [6.45, 7) is 4.86. The Morgan fingerprint density at radius 2 is 2.06 bits per heavy atom. The van der Waals surface area contributed by atoms with Crippen molar-refractivity contribution in [1.82, 2.24) is 9.88 Å². The molecule has 1 aromatic carbocycles. The number of pyridine rings is 1. The van der Waals surface area contributed by atoms with E-state index in [2.05, 4.69) is 14.8 Å². The van der Waals surface area contributed by atoms with Crippen molar-refractivity contribution < 1.29 is 32.9 Å². The number of carbonyl (C=O) groups is 2. The van der Waals surface area contributed by atoms with Gasteiger partial charge in [0.25, 0.3) is 5.91 Å². The lowest BCUT2D eigenvalue weighted by molar-refractivity contribution is -0.125. The Bertz CT molecular complexity index is 1410. The predicted octanol–water partition coefficient (Wildman–Crippen LogP) is 3.41. The minimum atomic E-state index is -4.79. The van der Waals surface area contributed by atoms with Crippen LogP contribution in [0.5, 0.6) is 0 Å². The number of furan rings is 1. The molecule has 36 heavy (non-hydrogen) atoms. The molecule has 3 aromatic rings. The second-order valence-corrected chi connectivity index (χ2v) is 10.3. The summed E-state index contributed by atoms with van der Waals surface area (Å²) in [5.41, 5.74) is 1.73. The number of aromatic nitrogens is 1. The number of hydrogen-bond acceptors (Lipinski definition) is 7. The molecule has 4 rings (SSSR count). The Kier molecular flexibility index (Phi) is 6.76. The molecule has 0 radical (unpaired) electrons. The number of rotatable bonds is 7. The van der Waals surface area contributed by atoms with Gasteiger partial charge in [-0.1, -0.05) is 18.2 Å². The smallest absolute Gasteiger partial charge is 0.459 e. The lowest BCUT2D eigenvalue weighted by atomic mass is 9.99. The summed E-state index contributed by atoms with van der Waals surface area (Å²) in [7, 11) is -3.11. The van der Waals surface area contributed by atoms with Crippen LogP contribution in [0.2, 0.25) is 0 Å². The van der Waals surface area contributed by atoms with Gasteiger partial charge in [0.2, 0.25) is 5.91 Å². The molecular formula is C24H27N4O7P. The van der Waals surface area contributed by atoms with E-state index in [1.54, 1.807) is 33.0 Å². The van der Waals surface area contributed by atoms with Gasteiger partial charge < -0.3 is 24.4 Å². The summed E-state index contributed by atoms with van der Waals surface area (Å²) < 4.78 is 21.6. The summed E-state index contributed by atoms with van der Waals surface area (Å²) >= 11 is 0. The highest BCUT2D eigenvalue weighted by Gasteiger charge is 2.40. The van der Waals surface area contributed by atoms with E-state index >= 15 is 0 Å². The van der Waals surface area contributed by atoms with Crippen LogP contribution in [0.25, 0.3) is 17.0 Å². The molecule has 0 spiro atoms. The Hall–Kier alpha value is -3.50. The van der Waals surface area contributed by atoms with Crippen LogP contribution in [0.3, 0.4) is 0 Å². The van der Waals surface area contributed by atoms with Crippen molar-refractivity contribution in [2.45, 2.75) is 32.9 Å². The van der Waals surface area contributed by atoms with Gasteiger partial charge in [0.05, 0.1) is 12.2 Å². The highest BCUT2D eigenvalue weighted by atomic mass is 31.2. The first kappa shape index (κ1) is 25.6. The maximum Gasteiger partial charge on any atom is 0.471 e. The topological polar surface area (TPSA) is 145 Å². The van der Waals surface area contributed by atoms with E-state index in [1.165, 1.54) is 17.2 Å². The second kappa shape index (κ2) is 9.51. The molecule has 0 unspecified atom stereocenters. The van der Waals surface area contributed by atoms with Gasteiger partial charge in [-0.3, -0.25) is 19.0 Å². The number of nitrogens with one attached hydrogen (secondary N) is 1. The van der Waals surface area contributed by atoms with Crippen molar-refractivity contribution in [3.63, 3.8) is 0 Å². The Balaban J connectivity index is 1.50. The lowest BCUT2D eigenvalue weighted by Crippen LogP contribution is -2.54. The number of nitrogens with zero attached hydrogens (tertiary/aromatic N) is 3. The molecule has 0 aliphatic carbocycles. The molecule has 2 amide bonds. The maximum absolute atomic E-state index is 12.8. The fourth-order valence-corrected chi connectivity index (χ4v) is 4.18. The number of phosphoric ester groups is 1. The van der Waals surface area contributed by atoms with E-state index in [-0.39, 0.29) is 11.7 Å². The summed E-state index contributed by atoms with van der Waals surface area (Å²) in [4.78, 5) is 50.4. The van der Waals surface area contributed by atoms with Crippen LogP contribution in [0, 0.1) is 6.92 Å². The maximum atomic E-state index is 12.8. The first-order valence-corrected chi connectivity index (χ1v) is 12.6. The first-order valence-electron chi connectivity index (χ1n) is 11.1. The van der Waals surface area contributed by atoms with Crippen LogP contribution >= 0.6 is 7.82 Å². The fraction of sp³-hybridized carbons (Fsp3) is 0.292. The van der Waals surface area contributed by atoms with E-state index in [4.69, 9.17) is 14.2 Å². The largest absolute Gasteiger partial charge is 0.471 e. The molecular weight excluding hydrogens is 487 g/mol. The third kappa shape index (κ3) is 5.34. The fourth-order valence-electron chi connectivity index (χ4n) is 3.91. The van der Waals surface area contributed by atoms with Crippen molar-refractivity contribution >= 4 is 48.2 Å². The zero-order chi connectivity index (χ0) is 26.3. The molecule has 3 heterocycles.